The Morgan fingerprint density at radius 3 is 2.80 bits per heavy atom. The highest BCUT2D eigenvalue weighted by molar-refractivity contribution is 6.31. The Balaban J connectivity index is 2.20. The first-order valence-corrected chi connectivity index (χ1v) is 6.47. The van der Waals surface area contributed by atoms with Crippen molar-refractivity contribution in [2.45, 2.75) is 0 Å². The first-order chi connectivity index (χ1) is 9.58. The second kappa shape index (κ2) is 4.65. The van der Waals surface area contributed by atoms with E-state index < -0.39 is 0 Å². The lowest BCUT2D eigenvalue weighted by atomic mass is 10.0. The molecule has 0 amide bonds. The number of hydrogen-bond donors (Lipinski definition) is 1. The third kappa shape index (κ3) is 1.94. The van der Waals surface area contributed by atoms with Crippen LogP contribution in [0, 0.1) is 0 Å². The highest BCUT2D eigenvalue weighted by Gasteiger charge is 2.19. The summed E-state index contributed by atoms with van der Waals surface area (Å²) in [6.45, 7) is 0. The molecule has 2 aromatic carbocycles. The van der Waals surface area contributed by atoms with Gasteiger partial charge in [-0.25, -0.2) is 0 Å². The summed E-state index contributed by atoms with van der Waals surface area (Å²) in [5.41, 5.74) is 7.92. The van der Waals surface area contributed by atoms with E-state index in [1.165, 1.54) is 0 Å². The van der Waals surface area contributed by atoms with Crippen LogP contribution < -0.4 is 5.73 Å². The number of anilines is 1. The Kier molecular flexibility index (Phi) is 2.95. The summed E-state index contributed by atoms with van der Waals surface area (Å²) in [4.78, 5) is 12.6. The number of nitrogens with two attached hydrogens (primary N) is 1. The minimum Gasteiger partial charge on any atom is -0.398 e. The number of nitrogens with zero attached hydrogens (tertiary/aromatic N) is 2. The average Bonchev–Trinajstić information content (AvgIpc) is 2.79. The monoisotopic (exact) mass is 285 g/mol. The zero-order valence-corrected chi connectivity index (χ0v) is 11.6. The predicted octanol–water partition coefficient (Wildman–Crippen LogP) is 3.04. The van der Waals surface area contributed by atoms with Gasteiger partial charge in [-0.1, -0.05) is 29.8 Å². The summed E-state index contributed by atoms with van der Waals surface area (Å²) in [7, 11) is 1.81. The molecule has 0 aliphatic rings. The second-order valence-electron chi connectivity index (χ2n) is 4.55. The number of hydrogen-bond acceptors (Lipinski definition) is 3. The number of aryl methyl sites for hydroxylation is 1. The minimum absolute atomic E-state index is 0.221. The van der Waals surface area contributed by atoms with E-state index in [-0.39, 0.29) is 5.78 Å². The molecule has 1 aromatic heterocycles. The summed E-state index contributed by atoms with van der Waals surface area (Å²) >= 11 is 5.94. The van der Waals surface area contributed by atoms with Crippen LogP contribution in [0.3, 0.4) is 0 Å². The smallest absolute Gasteiger partial charge is 0.215 e. The summed E-state index contributed by atoms with van der Waals surface area (Å²) < 4.78 is 1.68. The molecule has 0 saturated heterocycles. The molecule has 3 aromatic rings. The number of carbonyl (C=O) groups excluding carboxylic acids is 1. The largest absolute Gasteiger partial charge is 0.398 e. The Morgan fingerprint density at radius 2 is 2.00 bits per heavy atom. The van der Waals surface area contributed by atoms with E-state index >= 15 is 0 Å². The number of para-hydroxylation sites is 1. The van der Waals surface area contributed by atoms with Gasteiger partial charge in [0.15, 0.2) is 0 Å². The minimum atomic E-state index is -0.221. The number of fused-ring (bicyclic) bond motifs is 1. The molecule has 0 aliphatic heterocycles. The fourth-order valence-corrected chi connectivity index (χ4v) is 2.41. The van der Waals surface area contributed by atoms with Crippen LogP contribution in [-0.2, 0) is 7.05 Å². The van der Waals surface area contributed by atoms with E-state index in [1.807, 2.05) is 24.3 Å². The van der Waals surface area contributed by atoms with Crippen LogP contribution in [0.25, 0.3) is 10.9 Å². The Morgan fingerprint density at radius 1 is 1.25 bits per heavy atom. The third-order valence-corrected chi connectivity index (χ3v) is 3.47. The number of ketones is 1. The highest BCUT2D eigenvalue weighted by Crippen LogP contribution is 2.24. The normalized spacial score (nSPS) is 10.9. The molecule has 3 rings (SSSR count). The second-order valence-corrected chi connectivity index (χ2v) is 4.99. The first-order valence-electron chi connectivity index (χ1n) is 6.09. The van der Waals surface area contributed by atoms with E-state index in [4.69, 9.17) is 17.3 Å². The van der Waals surface area contributed by atoms with E-state index in [2.05, 4.69) is 5.10 Å². The van der Waals surface area contributed by atoms with Crippen LogP contribution in [0.1, 0.15) is 16.1 Å². The number of nitrogen functional groups attached to an aromatic ring is 1. The van der Waals surface area contributed by atoms with Gasteiger partial charge in [0.2, 0.25) is 5.78 Å². The molecular weight excluding hydrogens is 274 g/mol. The summed E-state index contributed by atoms with van der Waals surface area (Å²) in [6, 6.07) is 12.4. The van der Waals surface area contributed by atoms with Gasteiger partial charge < -0.3 is 5.73 Å². The van der Waals surface area contributed by atoms with Crippen LogP contribution in [0.15, 0.2) is 42.5 Å². The van der Waals surface area contributed by atoms with Crippen molar-refractivity contribution < 1.29 is 4.79 Å². The highest BCUT2D eigenvalue weighted by atomic mass is 35.5. The summed E-state index contributed by atoms with van der Waals surface area (Å²) in [5, 5.41) is 5.59. The van der Waals surface area contributed by atoms with Gasteiger partial charge in [-0.05, 0) is 24.3 Å². The number of benzene rings is 2. The summed E-state index contributed by atoms with van der Waals surface area (Å²) in [6.07, 6.45) is 0. The molecule has 1 heterocycles. The van der Waals surface area contributed by atoms with E-state index in [1.54, 1.807) is 29.9 Å². The lowest BCUT2D eigenvalue weighted by Gasteiger charge is -2.03. The molecule has 0 fully saturated rings. The average molecular weight is 286 g/mol. The van der Waals surface area contributed by atoms with Crippen molar-refractivity contribution in [3.8, 4) is 0 Å². The maximum Gasteiger partial charge on any atom is 0.215 e. The third-order valence-electron chi connectivity index (χ3n) is 3.23. The van der Waals surface area contributed by atoms with Crippen molar-refractivity contribution in [2.75, 3.05) is 5.73 Å². The predicted molar refractivity (Wildman–Crippen MR) is 80.0 cm³/mol. The molecule has 5 heteroatoms. The zero-order valence-electron chi connectivity index (χ0n) is 10.8. The molecule has 100 valence electrons. The number of halogens is 1. The van der Waals surface area contributed by atoms with Crippen molar-refractivity contribution in [1.29, 1.82) is 0 Å². The van der Waals surface area contributed by atoms with Gasteiger partial charge in [0.05, 0.1) is 5.52 Å². The molecule has 4 nitrogen and oxygen atoms in total. The van der Waals surface area contributed by atoms with Crippen molar-refractivity contribution in [3.05, 3.63) is 58.7 Å². The van der Waals surface area contributed by atoms with Gasteiger partial charge in [-0.3, -0.25) is 9.48 Å². The number of carbonyl (C=O) groups is 1. The van der Waals surface area contributed by atoms with Crippen LogP contribution >= 0.6 is 11.6 Å². The molecular formula is C15H12ClN3O. The fraction of sp³-hybridized carbons (Fsp3) is 0.0667. The zero-order chi connectivity index (χ0) is 14.3. The van der Waals surface area contributed by atoms with Gasteiger partial charge in [0, 0.05) is 28.7 Å². The topological polar surface area (TPSA) is 60.9 Å². The molecule has 0 aliphatic carbocycles. The molecule has 0 spiro atoms. The molecule has 0 bridgehead atoms. The van der Waals surface area contributed by atoms with Gasteiger partial charge in [-0.15, -0.1) is 0 Å². The Hall–Kier alpha value is -2.33. The molecule has 2 N–H and O–H groups in total. The van der Waals surface area contributed by atoms with E-state index in [9.17, 15) is 4.79 Å². The lowest BCUT2D eigenvalue weighted by Crippen LogP contribution is -2.07. The van der Waals surface area contributed by atoms with Crippen molar-refractivity contribution in [1.82, 2.24) is 9.78 Å². The molecule has 0 saturated carbocycles. The van der Waals surface area contributed by atoms with Crippen molar-refractivity contribution in [3.63, 3.8) is 0 Å². The lowest BCUT2D eigenvalue weighted by molar-refractivity contribution is 0.103. The number of rotatable bonds is 2. The van der Waals surface area contributed by atoms with Crippen molar-refractivity contribution >= 4 is 34.0 Å². The van der Waals surface area contributed by atoms with Gasteiger partial charge >= 0.3 is 0 Å². The van der Waals surface area contributed by atoms with Crippen LogP contribution in [-0.4, -0.2) is 15.6 Å². The van der Waals surface area contributed by atoms with Gasteiger partial charge in [0.1, 0.15) is 5.69 Å². The van der Waals surface area contributed by atoms with E-state index in [0.29, 0.717) is 22.0 Å². The quantitative estimate of drug-likeness (QED) is 0.581. The summed E-state index contributed by atoms with van der Waals surface area (Å²) in [5.74, 6) is -0.221. The molecule has 0 atom stereocenters. The Labute approximate surface area is 120 Å². The maximum atomic E-state index is 12.6. The van der Waals surface area contributed by atoms with E-state index in [0.717, 1.165) is 10.9 Å². The first kappa shape index (κ1) is 12.7. The molecule has 0 unspecified atom stereocenters. The van der Waals surface area contributed by atoms with Gasteiger partial charge in [-0.2, -0.15) is 5.10 Å². The van der Waals surface area contributed by atoms with Crippen LogP contribution in [0.5, 0.6) is 0 Å². The SMILES string of the molecule is Cn1nc(C(=O)c2cc(Cl)ccc2N)c2ccccc21. The van der Waals surface area contributed by atoms with Crippen LogP contribution in [0.4, 0.5) is 5.69 Å². The van der Waals surface area contributed by atoms with Crippen LogP contribution in [0.2, 0.25) is 5.02 Å². The standard InChI is InChI=1S/C15H12ClN3O/c1-19-13-5-3-2-4-10(13)14(18-19)15(20)11-8-9(16)6-7-12(11)17/h2-8H,17H2,1H3. The van der Waals surface area contributed by atoms with Crippen molar-refractivity contribution in [2.24, 2.45) is 7.05 Å². The van der Waals surface area contributed by atoms with Gasteiger partial charge in [0.25, 0.3) is 0 Å². The maximum absolute atomic E-state index is 12.6. The number of aromatic nitrogens is 2. The Bertz CT molecular complexity index is 823. The molecule has 20 heavy (non-hydrogen) atoms. The fourth-order valence-electron chi connectivity index (χ4n) is 2.23. The molecule has 0 radical (unpaired) electrons.